The van der Waals surface area contributed by atoms with Crippen LogP contribution in [0.2, 0.25) is 0 Å². The summed E-state index contributed by atoms with van der Waals surface area (Å²) < 4.78 is 42.5. The van der Waals surface area contributed by atoms with Crippen LogP contribution in [0, 0.1) is 12.7 Å². The third kappa shape index (κ3) is 4.15. The fourth-order valence-corrected chi connectivity index (χ4v) is 3.98. The van der Waals surface area contributed by atoms with Gasteiger partial charge in [-0.25, -0.2) is 17.5 Å². The van der Waals surface area contributed by atoms with E-state index in [9.17, 15) is 17.6 Å². The van der Waals surface area contributed by atoms with Gasteiger partial charge in [0.05, 0.1) is 16.3 Å². The molecule has 0 radical (unpaired) electrons. The second-order valence-corrected chi connectivity index (χ2v) is 8.39. The van der Waals surface area contributed by atoms with E-state index in [0.29, 0.717) is 11.5 Å². The number of amides is 1. The Balaban J connectivity index is 1.53. The molecule has 11 heteroatoms. The molecule has 0 aliphatic heterocycles. The zero-order chi connectivity index (χ0) is 20.6. The van der Waals surface area contributed by atoms with Gasteiger partial charge in [-0.15, -0.1) is 5.10 Å². The van der Waals surface area contributed by atoms with Crippen LogP contribution in [-0.2, 0) is 10.0 Å². The summed E-state index contributed by atoms with van der Waals surface area (Å²) in [6.45, 7) is 1.69. The van der Waals surface area contributed by atoms with E-state index in [1.165, 1.54) is 47.1 Å². The van der Waals surface area contributed by atoms with Crippen LogP contribution < -0.4 is 10.0 Å². The van der Waals surface area contributed by atoms with Gasteiger partial charge < -0.3 is 5.32 Å². The quantitative estimate of drug-likeness (QED) is 0.633. The number of sulfonamides is 1. The number of hydrogen-bond acceptors (Lipinski definition) is 6. The van der Waals surface area contributed by atoms with Crippen LogP contribution >= 0.6 is 0 Å². The van der Waals surface area contributed by atoms with E-state index in [0.717, 1.165) is 12.8 Å². The van der Waals surface area contributed by atoms with Gasteiger partial charge in [0.1, 0.15) is 5.82 Å². The smallest absolute Gasteiger partial charge is 0.255 e. The van der Waals surface area contributed by atoms with Gasteiger partial charge in [0, 0.05) is 11.6 Å². The molecule has 0 spiro atoms. The summed E-state index contributed by atoms with van der Waals surface area (Å²) in [7, 11) is -3.60. The molecule has 0 atom stereocenters. The number of carbonyl (C=O) groups is 1. The Morgan fingerprint density at radius 2 is 1.90 bits per heavy atom. The number of rotatable bonds is 6. The highest BCUT2D eigenvalue weighted by Gasteiger charge is 2.28. The first-order chi connectivity index (χ1) is 13.8. The Morgan fingerprint density at radius 3 is 2.52 bits per heavy atom. The number of carbonyl (C=O) groups excluding carboxylic acids is 1. The fraction of sp³-hybridized carbons (Fsp3) is 0.222. The van der Waals surface area contributed by atoms with Crippen molar-refractivity contribution >= 4 is 21.6 Å². The maximum Gasteiger partial charge on any atom is 0.255 e. The van der Waals surface area contributed by atoms with Gasteiger partial charge in [0.15, 0.2) is 5.82 Å². The molecule has 1 saturated carbocycles. The first-order valence-corrected chi connectivity index (χ1v) is 10.3. The number of nitrogens with one attached hydrogen (secondary N) is 2. The zero-order valence-electron chi connectivity index (χ0n) is 15.3. The normalized spacial score (nSPS) is 14.0. The van der Waals surface area contributed by atoms with Gasteiger partial charge in [-0.05, 0) is 72.7 Å². The number of tetrazole rings is 1. The summed E-state index contributed by atoms with van der Waals surface area (Å²) in [5, 5.41) is 13.6. The number of anilines is 1. The van der Waals surface area contributed by atoms with Crippen LogP contribution in [0.15, 0.2) is 47.4 Å². The highest BCUT2D eigenvalue weighted by Crippen LogP contribution is 2.23. The Hall–Kier alpha value is -3.18. The number of nitrogens with zero attached hydrogens (tertiary/aromatic N) is 4. The fourth-order valence-electron chi connectivity index (χ4n) is 2.68. The van der Waals surface area contributed by atoms with Gasteiger partial charge in [0.25, 0.3) is 5.91 Å². The van der Waals surface area contributed by atoms with Crippen molar-refractivity contribution in [1.29, 1.82) is 0 Å². The SMILES string of the molecule is Cc1nnnn1-c1ccc(F)c(NC(=O)c2ccc(S(=O)(=O)NC3CC3)cc2)c1. The molecular weight excluding hydrogens is 399 g/mol. The van der Waals surface area contributed by atoms with Crippen molar-refractivity contribution in [2.75, 3.05) is 5.32 Å². The molecule has 1 fully saturated rings. The molecule has 4 rings (SSSR count). The Kier molecular flexibility index (Phi) is 4.84. The van der Waals surface area contributed by atoms with Gasteiger partial charge in [0.2, 0.25) is 10.0 Å². The molecule has 0 saturated heterocycles. The lowest BCUT2D eigenvalue weighted by atomic mass is 10.2. The summed E-state index contributed by atoms with van der Waals surface area (Å²) in [6.07, 6.45) is 1.66. The van der Waals surface area contributed by atoms with Crippen molar-refractivity contribution in [3.05, 3.63) is 59.7 Å². The summed E-state index contributed by atoms with van der Waals surface area (Å²) in [5.74, 6) is -0.695. The Labute approximate surface area is 166 Å². The summed E-state index contributed by atoms with van der Waals surface area (Å²) in [5.41, 5.74) is 0.630. The van der Waals surface area contributed by atoms with E-state index in [1.54, 1.807) is 6.92 Å². The average molecular weight is 416 g/mol. The molecule has 1 aliphatic carbocycles. The minimum absolute atomic E-state index is 0.0120. The van der Waals surface area contributed by atoms with Gasteiger partial charge in [-0.1, -0.05) is 0 Å². The Bertz CT molecular complexity index is 1170. The molecule has 2 N–H and O–H groups in total. The molecule has 9 nitrogen and oxygen atoms in total. The summed E-state index contributed by atoms with van der Waals surface area (Å²) in [6, 6.07) is 9.53. The molecule has 1 aliphatic rings. The Morgan fingerprint density at radius 1 is 1.17 bits per heavy atom. The molecule has 0 bridgehead atoms. The van der Waals surface area contributed by atoms with Crippen LogP contribution in [0.5, 0.6) is 0 Å². The first-order valence-electron chi connectivity index (χ1n) is 8.82. The lowest BCUT2D eigenvalue weighted by Gasteiger charge is -2.10. The predicted octanol–water partition coefficient (Wildman–Crippen LogP) is 1.80. The van der Waals surface area contributed by atoms with E-state index in [1.807, 2.05) is 0 Å². The van der Waals surface area contributed by atoms with Gasteiger partial charge in [-0.2, -0.15) is 4.68 Å². The van der Waals surface area contributed by atoms with E-state index < -0.39 is 21.7 Å². The maximum absolute atomic E-state index is 14.2. The van der Waals surface area contributed by atoms with Crippen LogP contribution in [0.4, 0.5) is 10.1 Å². The van der Waals surface area contributed by atoms with E-state index in [4.69, 9.17) is 0 Å². The molecule has 1 amide bonds. The molecule has 150 valence electrons. The van der Waals surface area contributed by atoms with E-state index in [-0.39, 0.29) is 22.2 Å². The highest BCUT2D eigenvalue weighted by molar-refractivity contribution is 7.89. The van der Waals surface area contributed by atoms with Crippen LogP contribution in [0.1, 0.15) is 29.0 Å². The van der Waals surface area contributed by atoms with Crippen molar-refractivity contribution in [2.45, 2.75) is 30.7 Å². The lowest BCUT2D eigenvalue weighted by molar-refractivity contribution is 0.102. The second-order valence-electron chi connectivity index (χ2n) is 6.68. The maximum atomic E-state index is 14.2. The third-order valence-electron chi connectivity index (χ3n) is 4.39. The number of halogens is 1. The number of aromatic nitrogens is 4. The molecule has 0 unspecified atom stereocenters. The average Bonchev–Trinajstić information content (AvgIpc) is 3.40. The minimum atomic E-state index is -3.60. The number of hydrogen-bond donors (Lipinski definition) is 2. The molecule has 29 heavy (non-hydrogen) atoms. The van der Waals surface area contributed by atoms with Crippen molar-refractivity contribution in [3.8, 4) is 5.69 Å². The third-order valence-corrected chi connectivity index (χ3v) is 5.93. The number of aryl methyl sites for hydroxylation is 1. The topological polar surface area (TPSA) is 119 Å². The van der Waals surface area contributed by atoms with Crippen LogP contribution in [0.3, 0.4) is 0 Å². The standard InChI is InChI=1S/C18H17FN6O3S/c1-11-21-23-24-25(11)14-6-9-16(19)17(10-14)20-18(26)12-2-7-15(8-3-12)29(27,28)22-13-4-5-13/h2-3,6-10,13,22H,4-5H2,1H3,(H,20,26). The van der Waals surface area contributed by atoms with Crippen molar-refractivity contribution in [1.82, 2.24) is 24.9 Å². The molecule has 2 aromatic carbocycles. The monoisotopic (exact) mass is 416 g/mol. The largest absolute Gasteiger partial charge is 0.319 e. The molecule has 1 heterocycles. The molecule has 1 aromatic heterocycles. The van der Waals surface area contributed by atoms with Crippen molar-refractivity contribution in [2.24, 2.45) is 0 Å². The van der Waals surface area contributed by atoms with Crippen LogP contribution in [-0.4, -0.2) is 40.6 Å². The van der Waals surface area contributed by atoms with Gasteiger partial charge >= 0.3 is 0 Å². The van der Waals surface area contributed by atoms with E-state index in [2.05, 4.69) is 25.6 Å². The minimum Gasteiger partial charge on any atom is -0.319 e. The van der Waals surface area contributed by atoms with Crippen molar-refractivity contribution in [3.63, 3.8) is 0 Å². The van der Waals surface area contributed by atoms with E-state index >= 15 is 0 Å². The first kappa shape index (κ1) is 19.2. The predicted molar refractivity (Wildman–Crippen MR) is 102 cm³/mol. The molecular formula is C18H17FN6O3S. The van der Waals surface area contributed by atoms with Crippen molar-refractivity contribution < 1.29 is 17.6 Å². The summed E-state index contributed by atoms with van der Waals surface area (Å²) >= 11 is 0. The second kappa shape index (κ2) is 7.33. The lowest BCUT2D eigenvalue weighted by Crippen LogP contribution is -2.25. The number of benzene rings is 2. The zero-order valence-corrected chi connectivity index (χ0v) is 16.1. The van der Waals surface area contributed by atoms with Gasteiger partial charge in [-0.3, -0.25) is 4.79 Å². The summed E-state index contributed by atoms with van der Waals surface area (Å²) in [4.78, 5) is 12.6. The molecule has 3 aromatic rings. The van der Waals surface area contributed by atoms with Crippen LogP contribution in [0.25, 0.3) is 5.69 Å². The highest BCUT2D eigenvalue weighted by atomic mass is 32.2.